The molecule has 0 N–H and O–H groups in total. The van der Waals surface area contributed by atoms with E-state index < -0.39 is 0 Å². The Morgan fingerprint density at radius 1 is 1.00 bits per heavy atom. The lowest BCUT2D eigenvalue weighted by molar-refractivity contribution is -0.670. The maximum atomic E-state index is 3.50. The van der Waals surface area contributed by atoms with Gasteiger partial charge in [-0.25, -0.2) is 9.13 Å². The predicted molar refractivity (Wildman–Crippen MR) is 153 cm³/mol. The zero-order valence-electron chi connectivity index (χ0n) is 21.0. The zero-order valence-corrected chi connectivity index (χ0v) is 22.6. The maximum Gasteiger partial charge on any atom is 0.282 e. The van der Waals surface area contributed by atoms with Crippen LogP contribution in [0.5, 0.6) is 0 Å². The van der Waals surface area contributed by atoms with Crippen LogP contribution < -0.4 is 9.47 Å². The third-order valence-corrected chi connectivity index (χ3v) is 7.88. The van der Waals surface area contributed by atoms with Gasteiger partial charge >= 0.3 is 0 Å². The third kappa shape index (κ3) is 3.75. The summed E-state index contributed by atoms with van der Waals surface area (Å²) in [6.07, 6.45) is 9.97. The second kappa shape index (κ2) is 9.50. The minimum Gasteiger partial charge on any atom is -0.347 e. The molecule has 4 aromatic rings. The molecule has 1 atom stereocenters. The number of hydrogen-bond acceptors (Lipinski definition) is 1. The summed E-state index contributed by atoms with van der Waals surface area (Å²) < 4.78 is 4.81. The van der Waals surface area contributed by atoms with Gasteiger partial charge in [0.15, 0.2) is 11.0 Å². The molecule has 0 saturated heterocycles. The number of halogens is 1. The van der Waals surface area contributed by atoms with Crippen molar-refractivity contribution >= 4 is 49.5 Å². The summed E-state index contributed by atoms with van der Waals surface area (Å²) in [6, 6.07) is 22.0. The first-order valence-electron chi connectivity index (χ1n) is 12.5. The van der Waals surface area contributed by atoms with Crippen LogP contribution in [0, 0.1) is 0 Å². The summed E-state index contributed by atoms with van der Waals surface area (Å²) in [6.45, 7) is 8.70. The molecule has 0 spiro atoms. The van der Waals surface area contributed by atoms with Crippen molar-refractivity contribution in [3.8, 4) is 0 Å². The summed E-state index contributed by atoms with van der Waals surface area (Å²) in [5.41, 5.74) is 6.46. The number of fused-ring (bicyclic) bond motifs is 4. The van der Waals surface area contributed by atoms with Crippen molar-refractivity contribution in [1.29, 1.82) is 0 Å². The van der Waals surface area contributed by atoms with Gasteiger partial charge in [-0.05, 0) is 72.8 Å². The van der Waals surface area contributed by atoms with Crippen LogP contribution in [0.3, 0.4) is 0 Å². The number of para-hydroxylation sites is 2. The molecule has 0 saturated carbocycles. The van der Waals surface area contributed by atoms with Gasteiger partial charge < -0.3 is 4.90 Å². The average Bonchev–Trinajstić information content (AvgIpc) is 3.31. The summed E-state index contributed by atoms with van der Waals surface area (Å²) >= 11 is 3.50. The van der Waals surface area contributed by atoms with Crippen LogP contribution in [0.4, 0.5) is 5.69 Å². The molecule has 0 radical (unpaired) electrons. The molecule has 178 valence electrons. The van der Waals surface area contributed by atoms with E-state index in [9.17, 15) is 0 Å². The lowest BCUT2D eigenvalue weighted by Gasteiger charge is -2.28. The van der Waals surface area contributed by atoms with E-state index in [1.807, 2.05) is 4.99 Å². The normalized spacial score (nSPS) is 19.2. The van der Waals surface area contributed by atoms with E-state index in [0.717, 1.165) is 19.5 Å². The minimum absolute atomic E-state index is 0.127. The van der Waals surface area contributed by atoms with Crippen LogP contribution in [0.15, 0.2) is 89.6 Å². The van der Waals surface area contributed by atoms with Gasteiger partial charge in [0.2, 0.25) is 0 Å². The molecule has 35 heavy (non-hydrogen) atoms. The van der Waals surface area contributed by atoms with E-state index in [4.69, 9.17) is 0 Å². The summed E-state index contributed by atoms with van der Waals surface area (Å²) in [4.78, 5) is 4.36. The third-order valence-electron chi connectivity index (χ3n) is 7.51. The second-order valence-corrected chi connectivity index (χ2v) is 9.91. The minimum atomic E-state index is -0.127. The molecule has 0 fully saturated rings. The van der Waals surface area contributed by atoms with Gasteiger partial charge in [0.25, 0.3) is 5.82 Å². The molecule has 3 nitrogen and oxygen atoms in total. The van der Waals surface area contributed by atoms with Crippen LogP contribution in [-0.2, 0) is 18.5 Å². The summed E-state index contributed by atoms with van der Waals surface area (Å²) in [7, 11) is 2.20. The van der Waals surface area contributed by atoms with Gasteiger partial charge in [-0.15, -0.1) is 0 Å². The Hall–Kier alpha value is -3.11. The zero-order chi connectivity index (χ0) is 24.6. The number of hydrogen-bond donors (Lipinski definition) is 0. The van der Waals surface area contributed by atoms with Crippen LogP contribution in [-0.4, -0.2) is 11.6 Å². The number of aryl methyl sites for hydroxylation is 2. The van der Waals surface area contributed by atoms with Gasteiger partial charge in [0, 0.05) is 29.9 Å². The molecule has 0 aliphatic carbocycles. The van der Waals surface area contributed by atoms with E-state index >= 15 is 0 Å². The predicted octanol–water partition coefficient (Wildman–Crippen LogP) is 7.73. The molecule has 0 bridgehead atoms. The number of likely N-dealkylation sites (N-methyl/N-ethyl adjacent to an activating group) is 1. The highest BCUT2D eigenvalue weighted by molar-refractivity contribution is 9.11. The van der Waals surface area contributed by atoms with Crippen molar-refractivity contribution < 1.29 is 4.57 Å². The second-order valence-electron chi connectivity index (χ2n) is 9.38. The van der Waals surface area contributed by atoms with Crippen LogP contribution in [0.25, 0.3) is 27.9 Å². The van der Waals surface area contributed by atoms with Gasteiger partial charge in [-0.3, -0.25) is 0 Å². The maximum absolute atomic E-state index is 3.50. The standard InChI is InChI=1S/C31H33BrN3/c1-5-34-25-15-9-10-16-26(25)35(6-2)29(34)18-11-17-28-31(3,21-12-22-32)30-24-14-8-7-13-23(24)19-20-27(30)33(28)4/h7-20,22H,5-6,21H2,1-4H3/q+1. The van der Waals surface area contributed by atoms with Crippen LogP contribution in [0.2, 0.25) is 0 Å². The Morgan fingerprint density at radius 3 is 2.54 bits per heavy atom. The number of aromatic nitrogens is 2. The molecule has 1 aromatic heterocycles. The highest BCUT2D eigenvalue weighted by Crippen LogP contribution is 2.52. The van der Waals surface area contributed by atoms with E-state index in [2.05, 4.69) is 143 Å². The first-order valence-corrected chi connectivity index (χ1v) is 13.4. The van der Waals surface area contributed by atoms with Crippen LogP contribution >= 0.6 is 15.9 Å². The van der Waals surface area contributed by atoms with Gasteiger partial charge in [0.05, 0.1) is 13.1 Å². The Morgan fingerprint density at radius 2 is 1.77 bits per heavy atom. The molecule has 3 aromatic carbocycles. The SMILES string of the molecule is CCn1c(C=CC=C2N(C)c3ccc4ccccc4c3C2(C)CC=CBr)[n+](CC)c2ccccc21. The smallest absolute Gasteiger partial charge is 0.282 e. The molecule has 2 heterocycles. The fraction of sp³-hybridized carbons (Fsp3) is 0.258. The van der Waals surface area contributed by atoms with Crippen molar-refractivity contribution in [3.05, 3.63) is 101 Å². The number of allylic oxidation sites excluding steroid dienone is 4. The number of rotatable bonds is 6. The van der Waals surface area contributed by atoms with Gasteiger partial charge in [-0.1, -0.05) is 70.5 Å². The summed E-state index contributed by atoms with van der Waals surface area (Å²) in [5.74, 6) is 1.23. The average molecular weight is 528 g/mol. The fourth-order valence-corrected chi connectivity index (χ4v) is 6.10. The Bertz CT molecular complexity index is 1450. The molecule has 1 aliphatic heterocycles. The van der Waals surface area contributed by atoms with Crippen molar-refractivity contribution in [2.75, 3.05) is 11.9 Å². The Balaban J connectivity index is 1.65. The van der Waals surface area contributed by atoms with E-state index in [0.29, 0.717) is 0 Å². The monoisotopic (exact) mass is 526 g/mol. The van der Waals surface area contributed by atoms with E-state index in [-0.39, 0.29) is 5.41 Å². The van der Waals surface area contributed by atoms with Crippen LogP contribution in [0.1, 0.15) is 38.6 Å². The molecule has 1 unspecified atom stereocenters. The number of anilines is 1. The van der Waals surface area contributed by atoms with Crippen molar-refractivity contribution in [2.24, 2.45) is 0 Å². The lowest BCUT2D eigenvalue weighted by atomic mass is 9.76. The topological polar surface area (TPSA) is 12.1 Å². The molecule has 5 rings (SSSR count). The molecule has 4 heteroatoms. The molecular formula is C31H33BrN3+. The van der Waals surface area contributed by atoms with Crippen molar-refractivity contribution in [2.45, 2.75) is 45.7 Å². The number of imidazole rings is 1. The Labute approximate surface area is 216 Å². The number of nitrogens with zero attached hydrogens (tertiary/aromatic N) is 3. The first kappa shape index (κ1) is 23.6. The van der Waals surface area contributed by atoms with Gasteiger partial charge in [-0.2, -0.15) is 0 Å². The first-order chi connectivity index (χ1) is 17.0. The van der Waals surface area contributed by atoms with Gasteiger partial charge in [0.1, 0.15) is 0 Å². The Kier molecular flexibility index (Phi) is 6.41. The van der Waals surface area contributed by atoms with Crippen molar-refractivity contribution in [3.63, 3.8) is 0 Å². The summed E-state index contributed by atoms with van der Waals surface area (Å²) in [5, 5.41) is 2.63. The van der Waals surface area contributed by atoms with E-state index in [1.54, 1.807) is 0 Å². The quantitative estimate of drug-likeness (QED) is 0.234. The fourth-order valence-electron chi connectivity index (χ4n) is 5.91. The highest BCUT2D eigenvalue weighted by atomic mass is 79.9. The molecule has 0 amide bonds. The lowest BCUT2D eigenvalue weighted by Crippen LogP contribution is -2.35. The number of benzene rings is 3. The molecule has 1 aliphatic rings. The molecular weight excluding hydrogens is 494 g/mol. The van der Waals surface area contributed by atoms with Crippen molar-refractivity contribution in [1.82, 2.24) is 4.57 Å². The largest absolute Gasteiger partial charge is 0.347 e. The van der Waals surface area contributed by atoms with E-state index in [1.165, 1.54) is 44.6 Å². The highest BCUT2D eigenvalue weighted by Gasteiger charge is 2.42.